The van der Waals surface area contributed by atoms with Crippen LogP contribution in [-0.2, 0) is 23.2 Å². The lowest BCUT2D eigenvalue weighted by Crippen LogP contribution is -2.28. The molecule has 1 aliphatic rings. The van der Waals surface area contributed by atoms with E-state index < -0.39 is 11.4 Å². The van der Waals surface area contributed by atoms with Crippen molar-refractivity contribution in [2.24, 2.45) is 0 Å². The van der Waals surface area contributed by atoms with E-state index in [4.69, 9.17) is 0 Å². The van der Waals surface area contributed by atoms with Gasteiger partial charge in [-0.3, -0.25) is 4.79 Å². The number of benzene rings is 1. The maximum Gasteiger partial charge on any atom is 0.313 e. The molecule has 0 unspecified atom stereocenters. The number of carboxylic acids is 1. The number of aryl methyl sites for hydroxylation is 3. The zero-order valence-electron chi connectivity index (χ0n) is 11.7. The van der Waals surface area contributed by atoms with Gasteiger partial charge in [-0.25, -0.2) is 0 Å². The Labute approximate surface area is 112 Å². The molecule has 19 heavy (non-hydrogen) atoms. The zero-order chi connectivity index (χ0) is 13.8. The van der Waals surface area contributed by atoms with E-state index in [0.717, 1.165) is 24.9 Å². The van der Waals surface area contributed by atoms with Crippen molar-refractivity contribution in [1.82, 2.24) is 4.57 Å². The zero-order valence-corrected chi connectivity index (χ0v) is 11.7. The van der Waals surface area contributed by atoms with E-state index in [1.54, 1.807) is 13.8 Å². The highest BCUT2D eigenvalue weighted by molar-refractivity contribution is 5.89. The number of hydrogen-bond donors (Lipinski definition) is 1. The van der Waals surface area contributed by atoms with E-state index in [0.29, 0.717) is 0 Å². The van der Waals surface area contributed by atoms with Crippen molar-refractivity contribution in [3.63, 3.8) is 0 Å². The van der Waals surface area contributed by atoms with Crippen molar-refractivity contribution in [2.45, 2.75) is 45.6 Å². The lowest BCUT2D eigenvalue weighted by molar-refractivity contribution is -0.142. The molecule has 0 spiro atoms. The van der Waals surface area contributed by atoms with Crippen LogP contribution in [0.4, 0.5) is 0 Å². The Bertz CT molecular complexity index is 680. The molecule has 3 heteroatoms. The molecule has 0 aliphatic carbocycles. The Morgan fingerprint density at radius 1 is 1.32 bits per heavy atom. The first kappa shape index (κ1) is 12.3. The first-order valence-corrected chi connectivity index (χ1v) is 6.78. The number of nitrogens with zero attached hydrogens (tertiary/aromatic N) is 1. The summed E-state index contributed by atoms with van der Waals surface area (Å²) in [5, 5.41) is 10.6. The van der Waals surface area contributed by atoms with Crippen LogP contribution in [0.1, 0.15) is 37.1 Å². The lowest BCUT2D eigenvalue weighted by atomic mass is 9.82. The van der Waals surface area contributed by atoms with Gasteiger partial charge >= 0.3 is 5.97 Å². The van der Waals surface area contributed by atoms with Crippen molar-refractivity contribution in [3.8, 4) is 0 Å². The van der Waals surface area contributed by atoms with Gasteiger partial charge in [-0.2, -0.15) is 0 Å². The highest BCUT2D eigenvalue weighted by Gasteiger charge is 2.31. The minimum absolute atomic E-state index is 0.772. The fourth-order valence-corrected chi connectivity index (χ4v) is 3.03. The standard InChI is InChI=1S/C16H19NO2/c1-10-7-12-9-13(16(2,3)15(18)19)8-11-5-4-6-17(10)14(11)12/h7-9H,4-6H2,1-3H3,(H,18,19). The van der Waals surface area contributed by atoms with Crippen LogP contribution in [0, 0.1) is 6.92 Å². The van der Waals surface area contributed by atoms with Crippen molar-refractivity contribution in [2.75, 3.05) is 0 Å². The van der Waals surface area contributed by atoms with Gasteiger partial charge in [0, 0.05) is 17.6 Å². The third-order valence-electron chi connectivity index (χ3n) is 4.36. The van der Waals surface area contributed by atoms with Gasteiger partial charge in [0.1, 0.15) is 0 Å². The van der Waals surface area contributed by atoms with Crippen LogP contribution in [-0.4, -0.2) is 15.6 Å². The molecule has 0 saturated heterocycles. The molecule has 0 amide bonds. The second-order valence-corrected chi connectivity index (χ2v) is 6.04. The molecule has 2 heterocycles. The highest BCUT2D eigenvalue weighted by atomic mass is 16.4. The summed E-state index contributed by atoms with van der Waals surface area (Å²) in [4.78, 5) is 11.4. The van der Waals surface area contributed by atoms with Gasteiger partial charge in [0.2, 0.25) is 0 Å². The topological polar surface area (TPSA) is 42.2 Å². The Morgan fingerprint density at radius 2 is 2.05 bits per heavy atom. The van der Waals surface area contributed by atoms with Crippen LogP contribution in [0.3, 0.4) is 0 Å². The molecule has 0 saturated carbocycles. The summed E-state index contributed by atoms with van der Waals surface area (Å²) in [6.45, 7) is 6.74. The second kappa shape index (κ2) is 3.86. The molecular weight excluding hydrogens is 238 g/mol. The lowest BCUT2D eigenvalue weighted by Gasteiger charge is -2.23. The summed E-state index contributed by atoms with van der Waals surface area (Å²) in [5.74, 6) is -0.772. The molecule has 0 fully saturated rings. The first-order valence-electron chi connectivity index (χ1n) is 6.78. The van der Waals surface area contributed by atoms with Gasteiger partial charge < -0.3 is 9.67 Å². The number of rotatable bonds is 2. The van der Waals surface area contributed by atoms with E-state index in [-0.39, 0.29) is 0 Å². The van der Waals surface area contributed by atoms with Gasteiger partial charge in [-0.05, 0) is 56.9 Å². The summed E-state index contributed by atoms with van der Waals surface area (Å²) in [5.41, 5.74) is 3.93. The largest absolute Gasteiger partial charge is 0.481 e. The van der Waals surface area contributed by atoms with Crippen LogP contribution in [0.5, 0.6) is 0 Å². The van der Waals surface area contributed by atoms with Gasteiger partial charge in [0.25, 0.3) is 0 Å². The van der Waals surface area contributed by atoms with E-state index in [1.165, 1.54) is 22.2 Å². The van der Waals surface area contributed by atoms with Gasteiger partial charge in [0.05, 0.1) is 10.9 Å². The third kappa shape index (κ3) is 1.68. The number of aliphatic carboxylic acids is 1. The summed E-state index contributed by atoms with van der Waals surface area (Å²) in [7, 11) is 0. The number of hydrogen-bond acceptors (Lipinski definition) is 1. The predicted molar refractivity (Wildman–Crippen MR) is 75.7 cm³/mol. The van der Waals surface area contributed by atoms with E-state index in [2.05, 4.69) is 23.6 Å². The van der Waals surface area contributed by atoms with Crippen molar-refractivity contribution in [1.29, 1.82) is 0 Å². The van der Waals surface area contributed by atoms with Crippen LogP contribution in [0.15, 0.2) is 18.2 Å². The summed E-state index contributed by atoms with van der Waals surface area (Å²) < 4.78 is 2.35. The minimum atomic E-state index is -0.835. The smallest absolute Gasteiger partial charge is 0.313 e. The van der Waals surface area contributed by atoms with Crippen molar-refractivity contribution < 1.29 is 9.90 Å². The van der Waals surface area contributed by atoms with Crippen LogP contribution in [0.2, 0.25) is 0 Å². The highest BCUT2D eigenvalue weighted by Crippen LogP contribution is 2.34. The van der Waals surface area contributed by atoms with Crippen molar-refractivity contribution >= 4 is 16.9 Å². The summed E-state index contributed by atoms with van der Waals surface area (Å²) in [6.07, 6.45) is 2.18. The molecule has 3 nitrogen and oxygen atoms in total. The maximum absolute atomic E-state index is 11.4. The molecule has 1 aliphatic heterocycles. The predicted octanol–water partition coefficient (Wildman–Crippen LogP) is 3.26. The third-order valence-corrected chi connectivity index (χ3v) is 4.36. The van der Waals surface area contributed by atoms with E-state index in [1.807, 2.05) is 6.07 Å². The Morgan fingerprint density at radius 3 is 2.74 bits per heavy atom. The Hall–Kier alpha value is -1.77. The minimum Gasteiger partial charge on any atom is -0.481 e. The second-order valence-electron chi connectivity index (χ2n) is 6.04. The molecule has 3 rings (SSSR count). The molecule has 0 atom stereocenters. The number of carboxylic acid groups (broad SMARTS) is 1. The van der Waals surface area contributed by atoms with E-state index in [9.17, 15) is 9.90 Å². The number of aromatic nitrogens is 1. The summed E-state index contributed by atoms with van der Waals surface area (Å²) >= 11 is 0. The average molecular weight is 257 g/mol. The van der Waals surface area contributed by atoms with Gasteiger partial charge in [-0.1, -0.05) is 6.07 Å². The fourth-order valence-electron chi connectivity index (χ4n) is 3.03. The molecule has 0 radical (unpaired) electrons. The normalized spacial score (nSPS) is 14.9. The number of carbonyl (C=O) groups is 1. The van der Waals surface area contributed by atoms with Crippen LogP contribution in [0.25, 0.3) is 10.9 Å². The van der Waals surface area contributed by atoms with Gasteiger partial charge in [0.15, 0.2) is 0 Å². The molecule has 1 N–H and O–H groups in total. The molecule has 2 aromatic rings. The summed E-state index contributed by atoms with van der Waals surface area (Å²) in [6, 6.07) is 6.30. The average Bonchev–Trinajstić information content (AvgIpc) is 2.68. The first-order chi connectivity index (χ1) is 8.91. The maximum atomic E-state index is 11.4. The van der Waals surface area contributed by atoms with Crippen LogP contribution < -0.4 is 0 Å². The Kier molecular flexibility index (Phi) is 2.49. The molecule has 1 aromatic carbocycles. The monoisotopic (exact) mass is 257 g/mol. The van der Waals surface area contributed by atoms with Crippen LogP contribution >= 0.6 is 0 Å². The SMILES string of the molecule is Cc1cc2cc(C(C)(C)C(=O)O)cc3c2n1CCC3. The molecule has 0 bridgehead atoms. The molecule has 1 aromatic heterocycles. The van der Waals surface area contributed by atoms with E-state index >= 15 is 0 Å². The Balaban J connectivity index is 2.29. The van der Waals surface area contributed by atoms with Gasteiger partial charge in [-0.15, -0.1) is 0 Å². The molecule has 100 valence electrons. The van der Waals surface area contributed by atoms with Crippen molar-refractivity contribution in [3.05, 3.63) is 35.0 Å². The molecular formula is C16H19NO2. The fraction of sp³-hybridized carbons (Fsp3) is 0.438. The quantitative estimate of drug-likeness (QED) is 0.897.